The summed E-state index contributed by atoms with van der Waals surface area (Å²) >= 11 is 1.64. The van der Waals surface area contributed by atoms with Gasteiger partial charge in [-0.3, -0.25) is 0 Å². The van der Waals surface area contributed by atoms with E-state index in [1.54, 1.807) is 22.0 Å². The third-order valence-electron chi connectivity index (χ3n) is 2.47. The number of rotatable bonds is 1. The molecule has 3 rings (SSSR count). The number of aromatic nitrogens is 3. The fraction of sp³-hybridized carbons (Fsp3) is 0.0909. The van der Waals surface area contributed by atoms with Crippen molar-refractivity contribution in [1.29, 1.82) is 0 Å². The van der Waals surface area contributed by atoms with Crippen LogP contribution in [0.5, 0.6) is 0 Å². The van der Waals surface area contributed by atoms with Gasteiger partial charge >= 0.3 is 0 Å². The van der Waals surface area contributed by atoms with Crippen LogP contribution in [0.4, 0.5) is 5.82 Å². The zero-order chi connectivity index (χ0) is 11.1. The Hall–Kier alpha value is -1.88. The number of nitrogen functional groups attached to an aromatic ring is 1. The van der Waals surface area contributed by atoms with Gasteiger partial charge in [-0.1, -0.05) is 0 Å². The Kier molecular flexibility index (Phi) is 1.94. The molecule has 0 fully saturated rings. The Morgan fingerprint density at radius 2 is 2.31 bits per heavy atom. The van der Waals surface area contributed by atoms with Crippen molar-refractivity contribution in [2.75, 3.05) is 5.73 Å². The lowest BCUT2D eigenvalue weighted by Crippen LogP contribution is -2.02. The second kappa shape index (κ2) is 3.31. The van der Waals surface area contributed by atoms with Gasteiger partial charge in [-0.15, -0.1) is 0 Å². The number of aryl methyl sites for hydroxylation is 1. The third kappa shape index (κ3) is 1.29. The summed E-state index contributed by atoms with van der Waals surface area (Å²) in [6.07, 6.45) is 1.80. The Bertz CT molecular complexity index is 639. The fourth-order valence-electron chi connectivity index (χ4n) is 1.71. The van der Waals surface area contributed by atoms with Crippen molar-refractivity contribution in [1.82, 2.24) is 14.6 Å². The van der Waals surface area contributed by atoms with Crippen molar-refractivity contribution in [3.63, 3.8) is 0 Å². The molecule has 5 heteroatoms. The lowest BCUT2D eigenvalue weighted by Gasteiger charge is -2.04. The Morgan fingerprint density at radius 1 is 1.44 bits per heavy atom. The molecule has 0 atom stereocenters. The summed E-state index contributed by atoms with van der Waals surface area (Å²) in [5.74, 6) is 0.636. The minimum Gasteiger partial charge on any atom is -0.383 e. The minimum atomic E-state index is 0.636. The average molecular weight is 230 g/mol. The number of hydrogen-bond donors (Lipinski definition) is 1. The van der Waals surface area contributed by atoms with E-state index in [-0.39, 0.29) is 0 Å². The van der Waals surface area contributed by atoms with E-state index >= 15 is 0 Å². The largest absolute Gasteiger partial charge is 0.383 e. The minimum absolute atomic E-state index is 0.636. The molecule has 0 amide bonds. The van der Waals surface area contributed by atoms with Gasteiger partial charge in [-0.2, -0.15) is 21.0 Å². The first kappa shape index (κ1) is 9.35. The zero-order valence-electron chi connectivity index (χ0n) is 8.71. The van der Waals surface area contributed by atoms with E-state index in [4.69, 9.17) is 5.73 Å². The van der Waals surface area contributed by atoms with Crippen molar-refractivity contribution in [2.45, 2.75) is 6.92 Å². The summed E-state index contributed by atoms with van der Waals surface area (Å²) < 4.78 is 1.68. The summed E-state index contributed by atoms with van der Waals surface area (Å²) in [5, 5.41) is 8.39. The van der Waals surface area contributed by atoms with E-state index in [1.807, 2.05) is 24.4 Å². The molecule has 4 nitrogen and oxygen atoms in total. The quantitative estimate of drug-likeness (QED) is 0.698. The highest BCUT2D eigenvalue weighted by Gasteiger charge is 2.09. The Balaban J connectivity index is 2.31. The molecule has 0 aliphatic heterocycles. The number of nitrogens with zero attached hydrogens (tertiary/aromatic N) is 3. The molecular formula is C11H10N4S. The molecular weight excluding hydrogens is 220 g/mol. The lowest BCUT2D eigenvalue weighted by molar-refractivity contribution is 0.930. The first-order valence-corrected chi connectivity index (χ1v) is 5.83. The van der Waals surface area contributed by atoms with Crippen LogP contribution >= 0.6 is 11.3 Å². The van der Waals surface area contributed by atoms with Gasteiger partial charge in [0, 0.05) is 17.8 Å². The molecule has 0 aromatic carbocycles. The molecule has 16 heavy (non-hydrogen) atoms. The summed E-state index contributed by atoms with van der Waals surface area (Å²) in [5.41, 5.74) is 9.81. The van der Waals surface area contributed by atoms with Gasteiger partial charge < -0.3 is 5.73 Å². The monoisotopic (exact) mass is 230 g/mol. The molecule has 80 valence electrons. The zero-order valence-corrected chi connectivity index (χ0v) is 9.53. The summed E-state index contributed by atoms with van der Waals surface area (Å²) in [6.45, 7) is 1.93. The van der Waals surface area contributed by atoms with Crippen molar-refractivity contribution >= 4 is 22.8 Å². The third-order valence-corrected chi connectivity index (χ3v) is 3.16. The number of anilines is 1. The van der Waals surface area contributed by atoms with Crippen molar-refractivity contribution < 1.29 is 0 Å². The van der Waals surface area contributed by atoms with E-state index in [0.717, 1.165) is 22.5 Å². The molecule has 0 unspecified atom stereocenters. The predicted molar refractivity (Wildman–Crippen MR) is 65.4 cm³/mol. The van der Waals surface area contributed by atoms with Crippen molar-refractivity contribution in [2.24, 2.45) is 0 Å². The first-order chi connectivity index (χ1) is 7.75. The summed E-state index contributed by atoms with van der Waals surface area (Å²) in [4.78, 5) is 4.34. The second-order valence-electron chi connectivity index (χ2n) is 3.62. The molecule has 0 saturated heterocycles. The molecule has 3 aromatic heterocycles. The van der Waals surface area contributed by atoms with Gasteiger partial charge in [0.2, 0.25) is 0 Å². The molecule has 0 bridgehead atoms. The van der Waals surface area contributed by atoms with Crippen LogP contribution in [0.25, 0.3) is 16.8 Å². The number of fused-ring (bicyclic) bond motifs is 1. The average Bonchev–Trinajstić information content (AvgIpc) is 2.86. The molecule has 3 heterocycles. The van der Waals surface area contributed by atoms with Crippen LogP contribution in [0.3, 0.4) is 0 Å². The smallest absolute Gasteiger partial charge is 0.157 e. The molecule has 0 aliphatic carbocycles. The number of thiophene rings is 1. The van der Waals surface area contributed by atoms with Crippen LogP contribution in [0, 0.1) is 6.92 Å². The molecule has 0 saturated carbocycles. The van der Waals surface area contributed by atoms with E-state index < -0.39 is 0 Å². The van der Waals surface area contributed by atoms with Crippen LogP contribution in [0.15, 0.2) is 29.1 Å². The Labute approximate surface area is 96.4 Å². The van der Waals surface area contributed by atoms with Crippen LogP contribution in [-0.2, 0) is 0 Å². The van der Waals surface area contributed by atoms with Gasteiger partial charge in [0.1, 0.15) is 5.82 Å². The standard InChI is InChI=1S/C11H10N4S/c1-7-4-10-13-5-9(8-2-3-16-6-8)11(12)15(10)14-7/h2-6H,12H2,1H3. The molecule has 2 N–H and O–H groups in total. The normalized spacial score (nSPS) is 11.1. The van der Waals surface area contributed by atoms with Crippen LogP contribution in [0.2, 0.25) is 0 Å². The predicted octanol–water partition coefficient (Wildman–Crippen LogP) is 2.35. The van der Waals surface area contributed by atoms with Gasteiger partial charge in [-0.25, -0.2) is 4.98 Å². The van der Waals surface area contributed by atoms with Crippen molar-refractivity contribution in [3.8, 4) is 11.1 Å². The maximum Gasteiger partial charge on any atom is 0.157 e. The maximum atomic E-state index is 6.09. The SMILES string of the molecule is Cc1cc2ncc(-c3ccsc3)c(N)n2n1. The second-order valence-corrected chi connectivity index (χ2v) is 4.40. The highest BCUT2D eigenvalue weighted by molar-refractivity contribution is 7.08. The highest BCUT2D eigenvalue weighted by Crippen LogP contribution is 2.27. The molecule has 0 aliphatic rings. The van der Waals surface area contributed by atoms with Gasteiger partial charge in [0.05, 0.1) is 5.69 Å². The number of hydrogen-bond acceptors (Lipinski definition) is 4. The summed E-state index contributed by atoms with van der Waals surface area (Å²) in [6, 6.07) is 3.94. The number of nitrogens with two attached hydrogens (primary N) is 1. The van der Waals surface area contributed by atoms with E-state index in [1.165, 1.54) is 0 Å². The topological polar surface area (TPSA) is 56.2 Å². The van der Waals surface area contributed by atoms with Crippen LogP contribution in [0.1, 0.15) is 5.69 Å². The molecule has 0 spiro atoms. The fourth-order valence-corrected chi connectivity index (χ4v) is 2.36. The summed E-state index contributed by atoms with van der Waals surface area (Å²) in [7, 11) is 0. The maximum absolute atomic E-state index is 6.09. The van der Waals surface area contributed by atoms with Crippen LogP contribution in [-0.4, -0.2) is 14.6 Å². The van der Waals surface area contributed by atoms with Crippen LogP contribution < -0.4 is 5.73 Å². The Morgan fingerprint density at radius 3 is 3.06 bits per heavy atom. The van der Waals surface area contributed by atoms with Crippen molar-refractivity contribution in [3.05, 3.63) is 34.8 Å². The molecule has 0 radical (unpaired) electrons. The van der Waals surface area contributed by atoms with E-state index in [9.17, 15) is 0 Å². The van der Waals surface area contributed by atoms with E-state index in [0.29, 0.717) is 5.82 Å². The van der Waals surface area contributed by atoms with Gasteiger partial charge in [0.25, 0.3) is 0 Å². The lowest BCUT2D eigenvalue weighted by atomic mass is 10.2. The molecule has 3 aromatic rings. The van der Waals surface area contributed by atoms with E-state index in [2.05, 4.69) is 15.5 Å². The highest BCUT2D eigenvalue weighted by atomic mass is 32.1. The van der Waals surface area contributed by atoms with Gasteiger partial charge in [0.15, 0.2) is 5.65 Å². The first-order valence-electron chi connectivity index (χ1n) is 4.89. The van der Waals surface area contributed by atoms with Gasteiger partial charge in [-0.05, 0) is 29.3 Å².